The Morgan fingerprint density at radius 3 is 2.29 bits per heavy atom. The molecule has 0 aromatic rings. The number of hydrogen-bond acceptors (Lipinski definition) is 4. The van der Waals surface area contributed by atoms with E-state index in [9.17, 15) is 0 Å². The van der Waals surface area contributed by atoms with E-state index in [1.54, 1.807) is 14.2 Å². The van der Waals surface area contributed by atoms with Crippen LogP contribution in [0.5, 0.6) is 0 Å². The molecule has 0 bridgehead atoms. The summed E-state index contributed by atoms with van der Waals surface area (Å²) in [6.07, 6.45) is 0.984. The third-order valence-corrected chi connectivity index (χ3v) is 2.89. The number of likely N-dealkylation sites (N-methyl/N-ethyl adjacent to an activating group) is 1. The molecule has 14 heavy (non-hydrogen) atoms. The van der Waals surface area contributed by atoms with Crippen molar-refractivity contribution in [1.29, 1.82) is 0 Å². The Morgan fingerprint density at radius 1 is 1.29 bits per heavy atom. The zero-order chi connectivity index (χ0) is 11.0. The summed E-state index contributed by atoms with van der Waals surface area (Å²) in [5.41, 5.74) is 5.77. The van der Waals surface area contributed by atoms with Crippen molar-refractivity contribution in [2.24, 2.45) is 5.73 Å². The highest BCUT2D eigenvalue weighted by molar-refractivity contribution is 4.88. The van der Waals surface area contributed by atoms with Crippen LogP contribution in [0.3, 0.4) is 0 Å². The first-order chi connectivity index (χ1) is 6.66. The second kappa shape index (κ2) is 7.17. The minimum absolute atomic E-state index is 0.0483. The molecule has 1 unspecified atom stereocenters. The molecule has 0 saturated heterocycles. The highest BCUT2D eigenvalue weighted by Crippen LogP contribution is 2.17. The highest BCUT2D eigenvalue weighted by atomic mass is 16.5. The molecule has 0 aliphatic carbocycles. The first-order valence-electron chi connectivity index (χ1n) is 5.06. The van der Waals surface area contributed by atoms with E-state index in [0.717, 1.165) is 19.6 Å². The molecule has 86 valence electrons. The monoisotopic (exact) mass is 204 g/mol. The van der Waals surface area contributed by atoms with Gasteiger partial charge in [-0.1, -0.05) is 6.92 Å². The summed E-state index contributed by atoms with van der Waals surface area (Å²) < 4.78 is 10.3. The fourth-order valence-electron chi connectivity index (χ4n) is 1.58. The molecule has 0 amide bonds. The maximum atomic E-state index is 5.81. The molecule has 0 radical (unpaired) electrons. The van der Waals surface area contributed by atoms with E-state index in [4.69, 9.17) is 15.2 Å². The van der Waals surface area contributed by atoms with Crippen molar-refractivity contribution in [3.63, 3.8) is 0 Å². The second-order valence-electron chi connectivity index (χ2n) is 3.63. The van der Waals surface area contributed by atoms with Crippen LogP contribution in [-0.2, 0) is 9.47 Å². The van der Waals surface area contributed by atoms with Gasteiger partial charge in [-0.05, 0) is 13.5 Å². The third kappa shape index (κ3) is 3.53. The van der Waals surface area contributed by atoms with Gasteiger partial charge in [0.2, 0.25) is 0 Å². The van der Waals surface area contributed by atoms with Crippen LogP contribution >= 0.6 is 0 Å². The standard InChI is InChI=1S/C10H24N2O2/c1-5-10(8-11,9-14-4)12(2)6-7-13-3/h5-9,11H2,1-4H3. The van der Waals surface area contributed by atoms with E-state index in [1.165, 1.54) is 0 Å². The first kappa shape index (κ1) is 13.8. The third-order valence-electron chi connectivity index (χ3n) is 2.89. The molecule has 0 aromatic carbocycles. The van der Waals surface area contributed by atoms with Gasteiger partial charge in [0.05, 0.1) is 18.8 Å². The van der Waals surface area contributed by atoms with Gasteiger partial charge in [-0.3, -0.25) is 4.90 Å². The van der Waals surface area contributed by atoms with E-state index in [1.807, 2.05) is 0 Å². The molecular weight excluding hydrogens is 180 g/mol. The Labute approximate surface area is 87.4 Å². The SMILES string of the molecule is CCC(CN)(COC)N(C)CCOC. The number of hydrogen-bond donors (Lipinski definition) is 1. The molecule has 0 aliphatic rings. The number of rotatable bonds is 8. The molecule has 0 spiro atoms. The minimum atomic E-state index is -0.0483. The lowest BCUT2D eigenvalue weighted by molar-refractivity contribution is 0.0150. The van der Waals surface area contributed by atoms with E-state index in [-0.39, 0.29) is 5.54 Å². The van der Waals surface area contributed by atoms with Gasteiger partial charge in [0.25, 0.3) is 0 Å². The maximum Gasteiger partial charge on any atom is 0.0658 e. The first-order valence-corrected chi connectivity index (χ1v) is 5.06. The van der Waals surface area contributed by atoms with Crippen LogP contribution in [-0.4, -0.2) is 58.0 Å². The Bertz CT molecular complexity index is 138. The fraction of sp³-hybridized carbons (Fsp3) is 1.00. The number of methoxy groups -OCH3 is 2. The molecule has 2 N–H and O–H groups in total. The molecule has 4 heteroatoms. The molecule has 0 fully saturated rings. The van der Waals surface area contributed by atoms with E-state index in [0.29, 0.717) is 13.2 Å². The second-order valence-corrected chi connectivity index (χ2v) is 3.63. The van der Waals surface area contributed by atoms with Crippen molar-refractivity contribution in [2.75, 3.05) is 47.6 Å². The Kier molecular flexibility index (Phi) is 7.09. The van der Waals surface area contributed by atoms with Crippen molar-refractivity contribution in [2.45, 2.75) is 18.9 Å². The van der Waals surface area contributed by atoms with Gasteiger partial charge >= 0.3 is 0 Å². The molecule has 4 nitrogen and oxygen atoms in total. The maximum absolute atomic E-state index is 5.81. The number of ether oxygens (including phenoxy) is 2. The minimum Gasteiger partial charge on any atom is -0.383 e. The zero-order valence-electron chi connectivity index (χ0n) is 9.88. The van der Waals surface area contributed by atoms with Crippen LogP contribution in [0, 0.1) is 0 Å². The van der Waals surface area contributed by atoms with Gasteiger partial charge in [-0.25, -0.2) is 0 Å². The van der Waals surface area contributed by atoms with Crippen LogP contribution in [0.15, 0.2) is 0 Å². The van der Waals surface area contributed by atoms with Crippen molar-refractivity contribution in [3.8, 4) is 0 Å². The molecule has 0 aliphatic heterocycles. The largest absolute Gasteiger partial charge is 0.383 e. The molecular formula is C10H24N2O2. The average molecular weight is 204 g/mol. The lowest BCUT2D eigenvalue weighted by Crippen LogP contribution is -2.55. The number of nitrogens with zero attached hydrogens (tertiary/aromatic N) is 1. The van der Waals surface area contributed by atoms with Crippen LogP contribution in [0.4, 0.5) is 0 Å². The molecule has 0 heterocycles. The van der Waals surface area contributed by atoms with Gasteiger partial charge in [-0.15, -0.1) is 0 Å². The van der Waals surface area contributed by atoms with Gasteiger partial charge in [0.1, 0.15) is 0 Å². The van der Waals surface area contributed by atoms with E-state index < -0.39 is 0 Å². The summed E-state index contributed by atoms with van der Waals surface area (Å²) in [4.78, 5) is 2.22. The predicted octanol–water partition coefficient (Wildman–Crippen LogP) is 0.319. The summed E-state index contributed by atoms with van der Waals surface area (Å²) in [5.74, 6) is 0. The van der Waals surface area contributed by atoms with Crippen molar-refractivity contribution < 1.29 is 9.47 Å². The lowest BCUT2D eigenvalue weighted by Gasteiger charge is -2.39. The van der Waals surface area contributed by atoms with Crippen LogP contribution in [0.25, 0.3) is 0 Å². The van der Waals surface area contributed by atoms with Gasteiger partial charge in [0, 0.05) is 27.3 Å². The molecule has 1 atom stereocenters. The van der Waals surface area contributed by atoms with Gasteiger partial charge in [-0.2, -0.15) is 0 Å². The summed E-state index contributed by atoms with van der Waals surface area (Å²) in [7, 11) is 5.48. The Balaban J connectivity index is 4.28. The van der Waals surface area contributed by atoms with Gasteiger partial charge < -0.3 is 15.2 Å². The highest BCUT2D eigenvalue weighted by Gasteiger charge is 2.30. The van der Waals surface area contributed by atoms with E-state index in [2.05, 4.69) is 18.9 Å². The van der Waals surface area contributed by atoms with Crippen LogP contribution in [0.1, 0.15) is 13.3 Å². The molecule has 0 aromatic heterocycles. The van der Waals surface area contributed by atoms with Gasteiger partial charge in [0.15, 0.2) is 0 Å². The van der Waals surface area contributed by atoms with Crippen molar-refractivity contribution in [3.05, 3.63) is 0 Å². The quantitative estimate of drug-likeness (QED) is 0.618. The van der Waals surface area contributed by atoms with Crippen LogP contribution < -0.4 is 5.73 Å². The summed E-state index contributed by atoms with van der Waals surface area (Å²) in [5, 5.41) is 0. The Hall–Kier alpha value is -0.160. The average Bonchev–Trinajstić information content (AvgIpc) is 2.22. The number of nitrogens with two attached hydrogens (primary N) is 1. The predicted molar refractivity (Wildman–Crippen MR) is 58.5 cm³/mol. The van der Waals surface area contributed by atoms with Crippen molar-refractivity contribution >= 4 is 0 Å². The normalized spacial score (nSPS) is 15.9. The summed E-state index contributed by atoms with van der Waals surface area (Å²) in [6, 6.07) is 0. The fourth-order valence-corrected chi connectivity index (χ4v) is 1.58. The molecule has 0 rings (SSSR count). The molecule has 0 saturated carbocycles. The summed E-state index contributed by atoms with van der Waals surface area (Å²) in [6.45, 7) is 5.01. The van der Waals surface area contributed by atoms with E-state index >= 15 is 0 Å². The lowest BCUT2D eigenvalue weighted by atomic mass is 9.95. The van der Waals surface area contributed by atoms with Crippen molar-refractivity contribution in [1.82, 2.24) is 4.90 Å². The zero-order valence-corrected chi connectivity index (χ0v) is 9.88. The van der Waals surface area contributed by atoms with Crippen LogP contribution in [0.2, 0.25) is 0 Å². The smallest absolute Gasteiger partial charge is 0.0658 e. The Morgan fingerprint density at radius 2 is 1.93 bits per heavy atom. The summed E-state index contributed by atoms with van der Waals surface area (Å²) >= 11 is 0. The topological polar surface area (TPSA) is 47.7 Å².